The zero-order valence-corrected chi connectivity index (χ0v) is 32.6. The van der Waals surface area contributed by atoms with Crippen LogP contribution in [-0.2, 0) is 53.5 Å². The van der Waals surface area contributed by atoms with Crippen molar-refractivity contribution in [3.63, 3.8) is 0 Å². The average Bonchev–Trinajstić information content (AvgIpc) is 3.78. The molecule has 3 atom stereocenters. The van der Waals surface area contributed by atoms with Gasteiger partial charge in [0.25, 0.3) is 0 Å². The molecule has 0 spiro atoms. The van der Waals surface area contributed by atoms with E-state index < -0.39 is 41.6 Å². The molecule has 2 amide bonds. The van der Waals surface area contributed by atoms with E-state index in [1.165, 1.54) is 11.9 Å². The first kappa shape index (κ1) is 40.9. The number of nitrogens with two attached hydrogens (primary N) is 1. The van der Waals surface area contributed by atoms with E-state index in [2.05, 4.69) is 25.6 Å². The first-order valence-corrected chi connectivity index (χ1v) is 19.6. The number of benzene rings is 2. The molecule has 0 saturated heterocycles. The Morgan fingerprint density at radius 1 is 1.02 bits per heavy atom. The number of ketones is 1. The van der Waals surface area contributed by atoms with Crippen LogP contribution in [-0.4, -0.2) is 67.7 Å². The predicted octanol–water partition coefficient (Wildman–Crippen LogP) is 6.22. The van der Waals surface area contributed by atoms with Gasteiger partial charge in [0, 0.05) is 92.4 Å². The minimum Gasteiger partial charge on any atom is -0.361 e. The zero-order valence-electron chi connectivity index (χ0n) is 31.0. The smallest absolute Gasteiger partial charge is 0.361 e. The second-order valence-corrected chi connectivity index (χ2v) is 15.5. The van der Waals surface area contributed by atoms with Crippen molar-refractivity contribution < 1.29 is 27.6 Å². The Hall–Kier alpha value is -4.70. The molecule has 3 aromatic heterocycles. The van der Waals surface area contributed by atoms with Crippen LogP contribution in [0.15, 0.2) is 83.4 Å². The molecule has 0 bridgehead atoms. The van der Waals surface area contributed by atoms with E-state index in [1.54, 1.807) is 31.0 Å². The molecule has 16 heteroatoms. The van der Waals surface area contributed by atoms with E-state index in [4.69, 9.17) is 17.3 Å². The van der Waals surface area contributed by atoms with Crippen LogP contribution in [0.5, 0.6) is 0 Å². The number of aromatic amines is 1. The number of rotatable bonds is 8. The molecule has 0 aliphatic carbocycles. The molecule has 11 nitrogen and oxygen atoms in total. The van der Waals surface area contributed by atoms with Gasteiger partial charge in [-0.2, -0.15) is 13.2 Å². The Labute approximate surface area is 332 Å². The number of carbonyl (C=O) groups is 3. The summed E-state index contributed by atoms with van der Waals surface area (Å²) in [4.78, 5) is 56.9. The Morgan fingerprint density at radius 3 is 2.57 bits per heavy atom. The lowest BCUT2D eigenvalue weighted by Crippen LogP contribution is -2.51. The summed E-state index contributed by atoms with van der Waals surface area (Å²) in [6.07, 6.45) is 3.82. The van der Waals surface area contributed by atoms with Gasteiger partial charge in [-0.1, -0.05) is 54.0 Å². The highest BCUT2D eigenvalue weighted by Crippen LogP contribution is 2.41. The maximum atomic E-state index is 14.6. The van der Waals surface area contributed by atoms with Crippen molar-refractivity contribution in [2.45, 2.75) is 79.8 Å². The fraction of sp³-hybridized carbons (Fsp3) is 0.375. The molecule has 0 fully saturated rings. The summed E-state index contributed by atoms with van der Waals surface area (Å²) in [6.45, 7) is 0.268. The normalized spacial score (nSPS) is 19.1. The first-order valence-electron chi connectivity index (χ1n) is 18.4. The van der Waals surface area contributed by atoms with Crippen molar-refractivity contribution in [2.24, 2.45) is 18.7 Å². The van der Waals surface area contributed by atoms with E-state index in [1.807, 2.05) is 41.9 Å². The number of imidazole rings is 1. The number of alkyl halides is 3. The molecule has 296 valence electrons. The van der Waals surface area contributed by atoms with Crippen LogP contribution < -0.4 is 16.4 Å². The number of nitrogens with one attached hydrogen (secondary N) is 3. The number of carbonyl (C=O) groups excluding carboxylic acids is 3. The highest BCUT2D eigenvalue weighted by Gasteiger charge is 2.36. The van der Waals surface area contributed by atoms with Gasteiger partial charge in [0.2, 0.25) is 11.8 Å². The lowest BCUT2D eigenvalue weighted by atomic mass is 9.90. The molecule has 5 N–H and O–H groups in total. The van der Waals surface area contributed by atoms with Gasteiger partial charge in [-0.25, -0.2) is 9.97 Å². The molecular formula is C40H44ClF3N8O3S. The number of halogens is 4. The van der Waals surface area contributed by atoms with Crippen molar-refractivity contribution in [2.75, 3.05) is 13.6 Å². The molecule has 2 aromatic carbocycles. The maximum Gasteiger partial charge on any atom is 0.416 e. The Bertz CT molecular complexity index is 2190. The summed E-state index contributed by atoms with van der Waals surface area (Å²) in [7, 11) is 3.37. The molecule has 1 aliphatic heterocycles. The van der Waals surface area contributed by atoms with Gasteiger partial charge < -0.3 is 30.8 Å². The number of hydrogen-bond acceptors (Lipinski definition) is 8. The Kier molecular flexibility index (Phi) is 13.2. The first-order chi connectivity index (χ1) is 26.8. The van der Waals surface area contributed by atoms with Gasteiger partial charge >= 0.3 is 6.18 Å². The molecular weight excluding hydrogens is 765 g/mol. The van der Waals surface area contributed by atoms with Crippen LogP contribution in [0.3, 0.4) is 0 Å². The SMILES string of the molecule is CN1C(=O)[C@H](CCCCN)CC(=O)[C@H](Cc2cncn2C)NCc2cccnc2Sc2c(Cl)cc(C(F)(F)F)cc2CNC(=O)[C@@H]1Cc1c[nH]c2ccccc12. The summed E-state index contributed by atoms with van der Waals surface area (Å²) in [5, 5.41) is 7.37. The predicted molar refractivity (Wildman–Crippen MR) is 209 cm³/mol. The number of para-hydroxylation sites is 1. The van der Waals surface area contributed by atoms with E-state index in [0.717, 1.165) is 46.1 Å². The average molecular weight is 809 g/mol. The molecule has 5 aromatic rings. The summed E-state index contributed by atoms with van der Waals surface area (Å²) in [6, 6.07) is 11.1. The largest absolute Gasteiger partial charge is 0.416 e. The quantitative estimate of drug-likeness (QED) is 0.135. The van der Waals surface area contributed by atoms with Gasteiger partial charge in [-0.05, 0) is 60.3 Å². The van der Waals surface area contributed by atoms with Crippen molar-refractivity contribution in [1.29, 1.82) is 0 Å². The molecule has 56 heavy (non-hydrogen) atoms. The van der Waals surface area contributed by atoms with Crippen LogP contribution in [0, 0.1) is 5.92 Å². The van der Waals surface area contributed by atoms with Crippen molar-refractivity contribution in [1.82, 2.24) is 35.1 Å². The fourth-order valence-electron chi connectivity index (χ4n) is 7.02. The third-order valence-corrected chi connectivity index (χ3v) is 11.9. The topological polar surface area (TPSA) is 151 Å². The van der Waals surface area contributed by atoms with Crippen LogP contribution in [0.2, 0.25) is 5.02 Å². The number of unbranched alkanes of at least 4 members (excludes halogenated alkanes) is 1. The minimum absolute atomic E-state index is 0.0917. The Balaban J connectivity index is 1.45. The van der Waals surface area contributed by atoms with Crippen LogP contribution in [0.25, 0.3) is 10.9 Å². The second-order valence-electron chi connectivity index (χ2n) is 14.0. The summed E-state index contributed by atoms with van der Waals surface area (Å²) >= 11 is 7.69. The van der Waals surface area contributed by atoms with Crippen LogP contribution in [0.1, 0.15) is 53.6 Å². The zero-order chi connectivity index (χ0) is 40.0. The molecule has 0 radical (unpaired) electrons. The van der Waals surface area contributed by atoms with Gasteiger partial charge in [0.15, 0.2) is 5.78 Å². The number of aromatic nitrogens is 4. The number of pyridine rings is 1. The summed E-state index contributed by atoms with van der Waals surface area (Å²) in [5.41, 5.74) is 8.05. The van der Waals surface area contributed by atoms with Crippen LogP contribution >= 0.6 is 23.4 Å². The number of hydrogen-bond donors (Lipinski definition) is 4. The fourth-order valence-corrected chi connectivity index (χ4v) is 8.37. The number of nitrogens with zero attached hydrogens (tertiary/aromatic N) is 4. The summed E-state index contributed by atoms with van der Waals surface area (Å²) in [5.74, 6) is -1.95. The van der Waals surface area contributed by atoms with Gasteiger partial charge in [-0.15, -0.1) is 0 Å². The molecule has 4 heterocycles. The molecule has 1 aliphatic rings. The lowest BCUT2D eigenvalue weighted by molar-refractivity contribution is -0.143. The highest BCUT2D eigenvalue weighted by molar-refractivity contribution is 7.99. The van der Waals surface area contributed by atoms with E-state index >= 15 is 0 Å². The minimum atomic E-state index is -4.71. The van der Waals surface area contributed by atoms with Crippen molar-refractivity contribution in [3.05, 3.63) is 106 Å². The number of amides is 2. The van der Waals surface area contributed by atoms with Gasteiger partial charge in [0.1, 0.15) is 11.1 Å². The van der Waals surface area contributed by atoms with Crippen molar-refractivity contribution in [3.8, 4) is 0 Å². The van der Waals surface area contributed by atoms with E-state index in [0.29, 0.717) is 36.4 Å². The maximum absolute atomic E-state index is 14.6. The second kappa shape index (κ2) is 18.0. The standard InChI is InChI=1S/C40H44ClF3N8O3S/c1-51-23-46-22-29(51)18-33-35(53)16-24(8-5-6-12-45)39(55)52(2)34(15-26-20-48-32-11-4-3-10-30(26)32)37(54)50-21-27-14-28(40(42,43)44)17-31(41)36(27)56-38-25(19-49-33)9-7-13-47-38/h3-4,7,9-11,13-14,17,20,22-24,33-34,48-49H,5-6,8,12,15-16,18-19,21,45H2,1-2H3,(H,50,54)/t24-,33+,34+/m1/s1. The number of likely N-dealkylation sites (N-methyl/N-ethyl adjacent to an activating group) is 1. The third-order valence-electron chi connectivity index (χ3n) is 10.2. The highest BCUT2D eigenvalue weighted by atomic mass is 35.5. The van der Waals surface area contributed by atoms with Gasteiger partial charge in [0.05, 0.1) is 23.0 Å². The third kappa shape index (κ3) is 9.63. The van der Waals surface area contributed by atoms with Crippen LogP contribution in [0.4, 0.5) is 13.2 Å². The molecule has 0 saturated carbocycles. The number of Topliss-reactive ketones (excluding diaryl/α,β-unsaturated/α-hetero) is 1. The van der Waals surface area contributed by atoms with E-state index in [-0.39, 0.29) is 53.6 Å². The summed E-state index contributed by atoms with van der Waals surface area (Å²) < 4.78 is 44.2. The van der Waals surface area contributed by atoms with Gasteiger partial charge in [-0.3, -0.25) is 14.4 Å². The number of fused-ring (bicyclic) bond motifs is 3. The number of H-pyrrole nitrogens is 1. The monoisotopic (exact) mass is 808 g/mol. The number of aryl methyl sites for hydroxylation is 1. The van der Waals surface area contributed by atoms with E-state index in [9.17, 15) is 27.6 Å². The molecule has 6 rings (SSSR count). The molecule has 0 unspecified atom stereocenters. The Morgan fingerprint density at radius 2 is 1.82 bits per heavy atom. The lowest BCUT2D eigenvalue weighted by Gasteiger charge is -2.31. The van der Waals surface area contributed by atoms with Crippen molar-refractivity contribution >= 4 is 51.9 Å².